The summed E-state index contributed by atoms with van der Waals surface area (Å²) in [5.41, 5.74) is 0.913. The first-order valence-corrected chi connectivity index (χ1v) is 7.76. The first-order chi connectivity index (χ1) is 9.90. The van der Waals surface area contributed by atoms with Crippen LogP contribution in [-0.2, 0) is 0 Å². The number of anilines is 1. The van der Waals surface area contributed by atoms with Gasteiger partial charge in [-0.15, -0.1) is 13.2 Å². The van der Waals surface area contributed by atoms with Crippen LogP contribution in [-0.4, -0.2) is 31.5 Å². The normalized spacial score (nSPS) is 22.7. The minimum absolute atomic E-state index is 0.210. The number of halogens is 4. The molecule has 1 aliphatic heterocycles. The summed E-state index contributed by atoms with van der Waals surface area (Å²) < 4.78 is 41.0. The van der Waals surface area contributed by atoms with Gasteiger partial charge >= 0.3 is 6.36 Å². The summed E-state index contributed by atoms with van der Waals surface area (Å²) in [6, 6.07) is 5.85. The SMILES string of the molecule is FC(F)(F)Oc1ccc(N2CCC(NC3CC3)C2)cc1Br. The minimum atomic E-state index is -4.67. The number of hydrogen-bond acceptors (Lipinski definition) is 3. The van der Waals surface area contributed by atoms with E-state index in [0.29, 0.717) is 16.6 Å². The molecule has 1 saturated heterocycles. The van der Waals surface area contributed by atoms with Gasteiger partial charge in [0.05, 0.1) is 4.47 Å². The Labute approximate surface area is 129 Å². The number of rotatable bonds is 4. The van der Waals surface area contributed by atoms with E-state index in [4.69, 9.17) is 0 Å². The van der Waals surface area contributed by atoms with E-state index < -0.39 is 6.36 Å². The predicted molar refractivity (Wildman–Crippen MR) is 77.6 cm³/mol. The van der Waals surface area contributed by atoms with Crippen molar-refractivity contribution in [2.45, 2.75) is 37.7 Å². The molecule has 1 unspecified atom stereocenters. The summed E-state index contributed by atoms with van der Waals surface area (Å²) >= 11 is 3.15. The molecule has 2 aliphatic rings. The van der Waals surface area contributed by atoms with Crippen molar-refractivity contribution in [2.75, 3.05) is 18.0 Å². The van der Waals surface area contributed by atoms with Gasteiger partial charge in [-0.1, -0.05) is 0 Å². The zero-order chi connectivity index (χ0) is 15.0. The second-order valence-electron chi connectivity index (χ2n) is 5.54. The molecule has 3 rings (SSSR count). The second kappa shape index (κ2) is 5.68. The lowest BCUT2D eigenvalue weighted by atomic mass is 10.2. The fourth-order valence-electron chi connectivity index (χ4n) is 2.61. The Morgan fingerprint density at radius 1 is 1.19 bits per heavy atom. The summed E-state index contributed by atoms with van der Waals surface area (Å²) in [7, 11) is 0. The van der Waals surface area contributed by atoms with Crippen LogP contribution in [0.4, 0.5) is 18.9 Å². The van der Waals surface area contributed by atoms with Crippen LogP contribution in [0.1, 0.15) is 19.3 Å². The number of nitrogens with one attached hydrogen (secondary N) is 1. The molecular formula is C14H16BrF3N2O. The highest BCUT2D eigenvalue weighted by molar-refractivity contribution is 9.10. The number of nitrogens with zero attached hydrogens (tertiary/aromatic N) is 1. The van der Waals surface area contributed by atoms with E-state index >= 15 is 0 Å². The molecule has 21 heavy (non-hydrogen) atoms. The van der Waals surface area contributed by atoms with Gasteiger partial charge in [-0.3, -0.25) is 0 Å². The van der Waals surface area contributed by atoms with Crippen LogP contribution in [0.5, 0.6) is 5.75 Å². The molecule has 1 aromatic carbocycles. The Bertz CT molecular complexity index is 519. The minimum Gasteiger partial charge on any atom is -0.405 e. The highest BCUT2D eigenvalue weighted by Gasteiger charge is 2.32. The first-order valence-electron chi connectivity index (χ1n) is 6.97. The molecule has 7 heteroatoms. The van der Waals surface area contributed by atoms with Crippen molar-refractivity contribution in [3.63, 3.8) is 0 Å². The van der Waals surface area contributed by atoms with Crippen molar-refractivity contribution in [2.24, 2.45) is 0 Å². The third kappa shape index (κ3) is 4.03. The van der Waals surface area contributed by atoms with Crippen molar-refractivity contribution >= 4 is 21.6 Å². The maximum Gasteiger partial charge on any atom is 0.573 e. The van der Waals surface area contributed by atoms with Crippen molar-refractivity contribution < 1.29 is 17.9 Å². The second-order valence-corrected chi connectivity index (χ2v) is 6.39. The van der Waals surface area contributed by atoms with Crippen LogP contribution in [0.25, 0.3) is 0 Å². The molecule has 0 radical (unpaired) electrons. The van der Waals surface area contributed by atoms with E-state index in [-0.39, 0.29) is 5.75 Å². The van der Waals surface area contributed by atoms with Gasteiger partial charge in [0.1, 0.15) is 5.75 Å². The molecule has 1 aliphatic carbocycles. The van der Waals surface area contributed by atoms with Crippen LogP contribution in [0.3, 0.4) is 0 Å². The van der Waals surface area contributed by atoms with Crippen LogP contribution in [0.2, 0.25) is 0 Å². The average Bonchev–Trinajstić information content (AvgIpc) is 3.06. The topological polar surface area (TPSA) is 24.5 Å². The van der Waals surface area contributed by atoms with E-state index in [0.717, 1.165) is 25.2 Å². The summed E-state index contributed by atoms with van der Waals surface area (Å²) in [4.78, 5) is 2.18. The van der Waals surface area contributed by atoms with Gasteiger partial charge in [0.15, 0.2) is 0 Å². The highest BCUT2D eigenvalue weighted by atomic mass is 79.9. The van der Waals surface area contributed by atoms with Crippen molar-refractivity contribution in [1.29, 1.82) is 0 Å². The monoisotopic (exact) mass is 364 g/mol. The van der Waals surface area contributed by atoms with Gasteiger partial charge in [-0.2, -0.15) is 0 Å². The van der Waals surface area contributed by atoms with Gasteiger partial charge in [-0.05, 0) is 53.4 Å². The summed E-state index contributed by atoms with van der Waals surface area (Å²) in [6.45, 7) is 1.80. The fourth-order valence-corrected chi connectivity index (χ4v) is 3.06. The summed E-state index contributed by atoms with van der Waals surface area (Å²) in [6.07, 6.45) is -1.09. The molecule has 1 atom stereocenters. The smallest absolute Gasteiger partial charge is 0.405 e. The number of alkyl halides is 3. The third-order valence-corrected chi connectivity index (χ3v) is 4.36. The maximum absolute atomic E-state index is 12.2. The molecule has 1 heterocycles. The Morgan fingerprint density at radius 3 is 2.57 bits per heavy atom. The molecule has 0 spiro atoms. The molecule has 0 aromatic heterocycles. The van der Waals surface area contributed by atoms with E-state index in [1.165, 1.54) is 18.9 Å². The summed E-state index contributed by atoms with van der Waals surface area (Å²) in [5, 5.41) is 3.58. The zero-order valence-electron chi connectivity index (χ0n) is 11.3. The third-order valence-electron chi connectivity index (χ3n) is 3.74. The Hall–Kier alpha value is -0.950. The van der Waals surface area contributed by atoms with E-state index in [1.54, 1.807) is 12.1 Å². The number of hydrogen-bond donors (Lipinski definition) is 1. The van der Waals surface area contributed by atoms with Crippen LogP contribution < -0.4 is 15.0 Å². The lowest BCUT2D eigenvalue weighted by molar-refractivity contribution is -0.274. The van der Waals surface area contributed by atoms with E-state index in [2.05, 4.69) is 30.9 Å². The maximum atomic E-state index is 12.2. The highest BCUT2D eigenvalue weighted by Crippen LogP contribution is 2.34. The van der Waals surface area contributed by atoms with Gasteiger partial charge in [-0.25, -0.2) is 0 Å². The molecule has 0 amide bonds. The van der Waals surface area contributed by atoms with Crippen molar-refractivity contribution in [3.05, 3.63) is 22.7 Å². The van der Waals surface area contributed by atoms with Crippen molar-refractivity contribution in [1.82, 2.24) is 5.32 Å². The van der Waals surface area contributed by atoms with Gasteiger partial charge in [0.2, 0.25) is 0 Å². The zero-order valence-corrected chi connectivity index (χ0v) is 12.9. The molecule has 1 N–H and O–H groups in total. The quantitative estimate of drug-likeness (QED) is 0.881. The Kier molecular flexibility index (Phi) is 4.05. The fraction of sp³-hybridized carbons (Fsp3) is 0.571. The van der Waals surface area contributed by atoms with Crippen LogP contribution in [0, 0.1) is 0 Å². The van der Waals surface area contributed by atoms with Crippen LogP contribution in [0.15, 0.2) is 22.7 Å². The Balaban J connectivity index is 1.64. The van der Waals surface area contributed by atoms with E-state index in [1.807, 2.05) is 0 Å². The van der Waals surface area contributed by atoms with Gasteiger partial charge < -0.3 is 15.0 Å². The number of benzene rings is 1. The van der Waals surface area contributed by atoms with Crippen LogP contribution >= 0.6 is 15.9 Å². The predicted octanol–water partition coefficient (Wildman–Crippen LogP) is 3.68. The largest absolute Gasteiger partial charge is 0.573 e. The lowest BCUT2D eigenvalue weighted by Crippen LogP contribution is -2.33. The first kappa shape index (κ1) is 15.0. The van der Waals surface area contributed by atoms with Gasteiger partial charge in [0.25, 0.3) is 0 Å². The molecule has 1 saturated carbocycles. The van der Waals surface area contributed by atoms with E-state index in [9.17, 15) is 13.2 Å². The van der Waals surface area contributed by atoms with Gasteiger partial charge in [0, 0.05) is 30.9 Å². The molecule has 2 fully saturated rings. The average molecular weight is 365 g/mol. The summed E-state index contributed by atoms with van der Waals surface area (Å²) in [5.74, 6) is -0.210. The lowest BCUT2D eigenvalue weighted by Gasteiger charge is -2.20. The Morgan fingerprint density at radius 2 is 1.95 bits per heavy atom. The molecule has 116 valence electrons. The number of ether oxygens (including phenoxy) is 1. The molecular weight excluding hydrogens is 349 g/mol. The standard InChI is InChI=1S/C14H16BrF3N2O/c15-12-7-11(3-4-13(12)21-14(16,17)18)20-6-5-10(8-20)19-9-1-2-9/h3-4,7,9-10,19H,1-2,5-6,8H2. The molecule has 1 aromatic rings. The molecule has 3 nitrogen and oxygen atoms in total. The molecule has 0 bridgehead atoms. The van der Waals surface area contributed by atoms with Crippen molar-refractivity contribution in [3.8, 4) is 5.75 Å².